The number of carboxylic acid groups (broad SMARTS) is 1. The van der Waals surface area contributed by atoms with Gasteiger partial charge in [0.2, 0.25) is 5.91 Å². The topological polar surface area (TPSA) is 78.4 Å². The van der Waals surface area contributed by atoms with Gasteiger partial charge in [0.1, 0.15) is 0 Å². The van der Waals surface area contributed by atoms with Gasteiger partial charge in [-0.3, -0.25) is 4.79 Å². The van der Waals surface area contributed by atoms with E-state index in [0.29, 0.717) is 5.56 Å². The molecule has 3 N–H and O–H groups in total. The van der Waals surface area contributed by atoms with Crippen LogP contribution < -0.4 is 10.6 Å². The fraction of sp³-hybridized carbons (Fsp3) is 0.429. The summed E-state index contributed by atoms with van der Waals surface area (Å²) < 4.78 is 0. The fourth-order valence-corrected chi connectivity index (χ4v) is 1.85. The molecule has 19 heavy (non-hydrogen) atoms. The van der Waals surface area contributed by atoms with E-state index in [4.69, 9.17) is 0 Å². The van der Waals surface area contributed by atoms with Crippen LogP contribution in [0.4, 0.5) is 0 Å². The molecule has 0 aliphatic heterocycles. The first-order valence-corrected chi connectivity index (χ1v) is 6.35. The molecule has 0 saturated heterocycles. The quantitative estimate of drug-likeness (QED) is 0.694. The Morgan fingerprint density at radius 2 is 1.89 bits per heavy atom. The third-order valence-electron chi connectivity index (χ3n) is 2.73. The third-order valence-corrected chi connectivity index (χ3v) is 2.73. The van der Waals surface area contributed by atoms with Crippen molar-refractivity contribution >= 4 is 11.9 Å². The zero-order chi connectivity index (χ0) is 14.3. The van der Waals surface area contributed by atoms with E-state index in [1.54, 1.807) is 30.3 Å². The SMILES string of the molecule is CCNC(C)CC(=O)NC(C(=O)O)c1ccccc1. The summed E-state index contributed by atoms with van der Waals surface area (Å²) >= 11 is 0. The van der Waals surface area contributed by atoms with Gasteiger partial charge in [-0.2, -0.15) is 0 Å². The Morgan fingerprint density at radius 1 is 1.26 bits per heavy atom. The number of nitrogens with one attached hydrogen (secondary N) is 2. The van der Waals surface area contributed by atoms with Crippen LogP contribution in [-0.4, -0.2) is 29.6 Å². The Hall–Kier alpha value is -1.88. The first-order valence-electron chi connectivity index (χ1n) is 6.35. The van der Waals surface area contributed by atoms with Crippen LogP contribution in [0.25, 0.3) is 0 Å². The Morgan fingerprint density at radius 3 is 2.42 bits per heavy atom. The molecular weight excluding hydrogens is 244 g/mol. The van der Waals surface area contributed by atoms with Gasteiger partial charge < -0.3 is 15.7 Å². The lowest BCUT2D eigenvalue weighted by Crippen LogP contribution is -2.38. The van der Waals surface area contributed by atoms with Crippen LogP contribution in [-0.2, 0) is 9.59 Å². The highest BCUT2D eigenvalue weighted by molar-refractivity contribution is 5.84. The number of carboxylic acids is 1. The molecule has 5 heteroatoms. The number of carbonyl (C=O) groups excluding carboxylic acids is 1. The van der Waals surface area contributed by atoms with Gasteiger partial charge in [0.15, 0.2) is 6.04 Å². The van der Waals surface area contributed by atoms with Crippen molar-refractivity contribution in [3.63, 3.8) is 0 Å². The minimum Gasteiger partial charge on any atom is -0.479 e. The molecule has 104 valence electrons. The highest BCUT2D eigenvalue weighted by Gasteiger charge is 2.22. The standard InChI is InChI=1S/C14H20N2O3/c1-3-15-10(2)9-12(17)16-13(14(18)19)11-7-5-4-6-8-11/h4-8,10,13,15H,3,9H2,1-2H3,(H,16,17)(H,18,19). The van der Waals surface area contributed by atoms with Crippen molar-refractivity contribution in [1.82, 2.24) is 10.6 Å². The second-order valence-corrected chi connectivity index (χ2v) is 4.41. The highest BCUT2D eigenvalue weighted by atomic mass is 16.4. The van der Waals surface area contributed by atoms with E-state index < -0.39 is 12.0 Å². The maximum absolute atomic E-state index is 11.8. The van der Waals surface area contributed by atoms with Crippen molar-refractivity contribution in [2.75, 3.05) is 6.54 Å². The summed E-state index contributed by atoms with van der Waals surface area (Å²) in [5, 5.41) is 14.8. The molecule has 0 radical (unpaired) electrons. The summed E-state index contributed by atoms with van der Waals surface area (Å²) in [6.45, 7) is 4.62. The molecule has 2 atom stereocenters. The Labute approximate surface area is 113 Å². The van der Waals surface area contributed by atoms with Gasteiger partial charge in [-0.1, -0.05) is 37.3 Å². The first kappa shape index (κ1) is 15.2. The van der Waals surface area contributed by atoms with E-state index in [0.717, 1.165) is 6.54 Å². The summed E-state index contributed by atoms with van der Waals surface area (Å²) in [6, 6.07) is 7.70. The van der Waals surface area contributed by atoms with Crippen molar-refractivity contribution < 1.29 is 14.7 Å². The smallest absolute Gasteiger partial charge is 0.330 e. The van der Waals surface area contributed by atoms with Gasteiger partial charge in [0, 0.05) is 12.5 Å². The molecule has 0 saturated carbocycles. The van der Waals surface area contributed by atoms with Crippen molar-refractivity contribution in [3.05, 3.63) is 35.9 Å². The molecule has 1 aromatic carbocycles. The lowest BCUT2D eigenvalue weighted by molar-refractivity contribution is -0.142. The molecular formula is C14H20N2O3. The van der Waals surface area contributed by atoms with Gasteiger partial charge in [-0.25, -0.2) is 4.79 Å². The zero-order valence-corrected chi connectivity index (χ0v) is 11.2. The lowest BCUT2D eigenvalue weighted by atomic mass is 10.1. The molecule has 0 spiro atoms. The van der Waals surface area contributed by atoms with Crippen LogP contribution in [0.15, 0.2) is 30.3 Å². The minimum absolute atomic E-state index is 0.0234. The lowest BCUT2D eigenvalue weighted by Gasteiger charge is -2.17. The van der Waals surface area contributed by atoms with Gasteiger partial charge in [0.05, 0.1) is 0 Å². The van der Waals surface area contributed by atoms with Crippen LogP contribution in [0.5, 0.6) is 0 Å². The summed E-state index contributed by atoms with van der Waals surface area (Å²) in [5.74, 6) is -1.33. The van der Waals surface area contributed by atoms with Crippen LogP contribution in [0, 0.1) is 0 Å². The molecule has 1 amide bonds. The molecule has 1 rings (SSSR count). The monoisotopic (exact) mass is 264 g/mol. The zero-order valence-electron chi connectivity index (χ0n) is 11.2. The van der Waals surface area contributed by atoms with E-state index in [-0.39, 0.29) is 18.4 Å². The molecule has 0 bridgehead atoms. The van der Waals surface area contributed by atoms with Crippen molar-refractivity contribution in [2.24, 2.45) is 0 Å². The molecule has 0 aromatic heterocycles. The first-order chi connectivity index (χ1) is 9.04. The predicted molar refractivity (Wildman–Crippen MR) is 72.7 cm³/mol. The Kier molecular flexibility index (Phi) is 6.02. The van der Waals surface area contributed by atoms with Crippen LogP contribution in [0.1, 0.15) is 31.9 Å². The molecule has 0 aliphatic carbocycles. The minimum atomic E-state index is -1.06. The Balaban J connectivity index is 2.65. The predicted octanol–water partition coefficient (Wildman–Crippen LogP) is 1.32. The molecule has 5 nitrogen and oxygen atoms in total. The van der Waals surface area contributed by atoms with Crippen molar-refractivity contribution in [3.8, 4) is 0 Å². The van der Waals surface area contributed by atoms with E-state index >= 15 is 0 Å². The molecule has 1 aromatic rings. The fourth-order valence-electron chi connectivity index (χ4n) is 1.85. The number of benzene rings is 1. The van der Waals surface area contributed by atoms with Crippen LogP contribution in [0.2, 0.25) is 0 Å². The van der Waals surface area contributed by atoms with Gasteiger partial charge in [0.25, 0.3) is 0 Å². The van der Waals surface area contributed by atoms with Gasteiger partial charge >= 0.3 is 5.97 Å². The van der Waals surface area contributed by atoms with Gasteiger partial charge in [-0.15, -0.1) is 0 Å². The average molecular weight is 264 g/mol. The number of aliphatic carboxylic acids is 1. The second-order valence-electron chi connectivity index (χ2n) is 4.41. The average Bonchev–Trinajstić information content (AvgIpc) is 2.37. The van der Waals surface area contributed by atoms with E-state index in [2.05, 4.69) is 10.6 Å². The summed E-state index contributed by atoms with van der Waals surface area (Å²) in [5.41, 5.74) is 0.569. The van der Waals surface area contributed by atoms with Crippen LogP contribution in [0.3, 0.4) is 0 Å². The second kappa shape index (κ2) is 7.53. The van der Waals surface area contributed by atoms with E-state index in [1.807, 2.05) is 13.8 Å². The number of hydrogen-bond acceptors (Lipinski definition) is 3. The van der Waals surface area contributed by atoms with Gasteiger partial charge in [-0.05, 0) is 19.0 Å². The van der Waals surface area contributed by atoms with Crippen molar-refractivity contribution in [2.45, 2.75) is 32.4 Å². The summed E-state index contributed by atoms with van der Waals surface area (Å²) in [7, 11) is 0. The van der Waals surface area contributed by atoms with Crippen molar-refractivity contribution in [1.29, 1.82) is 0 Å². The number of amides is 1. The number of carbonyl (C=O) groups is 2. The third kappa shape index (κ3) is 5.09. The largest absolute Gasteiger partial charge is 0.479 e. The highest BCUT2D eigenvalue weighted by Crippen LogP contribution is 2.12. The Bertz CT molecular complexity index is 420. The number of rotatable bonds is 7. The maximum Gasteiger partial charge on any atom is 0.330 e. The normalized spacial score (nSPS) is 13.6. The number of hydrogen-bond donors (Lipinski definition) is 3. The molecule has 0 fully saturated rings. The van der Waals surface area contributed by atoms with E-state index in [9.17, 15) is 14.7 Å². The van der Waals surface area contributed by atoms with Crippen LogP contribution >= 0.6 is 0 Å². The molecule has 0 aliphatic rings. The molecule has 0 heterocycles. The summed E-state index contributed by atoms with van der Waals surface area (Å²) in [4.78, 5) is 23.0. The maximum atomic E-state index is 11.8. The molecule has 2 unspecified atom stereocenters. The van der Waals surface area contributed by atoms with E-state index in [1.165, 1.54) is 0 Å². The summed E-state index contributed by atoms with van der Waals surface area (Å²) in [6.07, 6.45) is 0.254.